The summed E-state index contributed by atoms with van der Waals surface area (Å²) in [5, 5.41) is 0. The molecule has 0 aliphatic rings. The maximum Gasteiger partial charge on any atom is 0.422 e. The Kier molecular flexibility index (Phi) is 7.55. The van der Waals surface area contributed by atoms with E-state index in [1.54, 1.807) is 13.8 Å². The van der Waals surface area contributed by atoms with Crippen LogP contribution in [-0.2, 0) is 20.0 Å². The Morgan fingerprint density at radius 3 is 2.00 bits per heavy atom. The summed E-state index contributed by atoms with van der Waals surface area (Å²) in [7, 11) is -8.20. The molecule has 0 fully saturated rings. The van der Waals surface area contributed by atoms with Gasteiger partial charge in [0, 0.05) is 19.2 Å². The normalized spacial score (nSPS) is 12.7. The summed E-state index contributed by atoms with van der Waals surface area (Å²) in [5.74, 6) is -1.43. The monoisotopic (exact) mass is 484 g/mol. The molecule has 172 valence electrons. The number of benzene rings is 2. The van der Waals surface area contributed by atoms with Crippen LogP contribution < -0.4 is 9.46 Å². The summed E-state index contributed by atoms with van der Waals surface area (Å²) < 4.78 is 109. The fourth-order valence-corrected chi connectivity index (χ4v) is 5.09. The number of hydrogen-bond donors (Lipinski definition) is 1. The zero-order chi connectivity index (χ0) is 23.4. The standard InChI is InChI=1S/C18H20F4N2O5S2/c1-3-24(4-2)31(27,28)15-8-6-14(7-9-15)30(25,26)23-16-11-13(19)5-10-17(16)29-12-18(20,21)22/h5-11,23H,3-4,12H2,1-2H3. The van der Waals surface area contributed by atoms with Gasteiger partial charge in [-0.05, 0) is 36.4 Å². The van der Waals surface area contributed by atoms with Crippen molar-refractivity contribution in [3.8, 4) is 5.75 Å². The Morgan fingerprint density at radius 2 is 1.48 bits per heavy atom. The van der Waals surface area contributed by atoms with E-state index in [1.165, 1.54) is 4.31 Å². The predicted molar refractivity (Wildman–Crippen MR) is 105 cm³/mol. The molecule has 0 amide bonds. The number of anilines is 1. The maximum absolute atomic E-state index is 13.5. The van der Waals surface area contributed by atoms with Gasteiger partial charge in [-0.15, -0.1) is 0 Å². The van der Waals surface area contributed by atoms with Crippen LogP contribution in [0.3, 0.4) is 0 Å². The molecule has 0 aliphatic carbocycles. The first-order valence-corrected chi connectivity index (χ1v) is 11.8. The molecule has 2 aromatic rings. The van der Waals surface area contributed by atoms with E-state index < -0.39 is 50.1 Å². The molecule has 0 unspecified atom stereocenters. The van der Waals surface area contributed by atoms with Crippen LogP contribution in [0.25, 0.3) is 0 Å². The number of halogens is 4. The number of nitrogens with one attached hydrogen (secondary N) is 1. The van der Waals surface area contributed by atoms with Gasteiger partial charge in [0.15, 0.2) is 6.61 Å². The summed E-state index contributed by atoms with van der Waals surface area (Å²) in [4.78, 5) is -0.507. The van der Waals surface area contributed by atoms with Crippen LogP contribution in [0.2, 0.25) is 0 Å². The summed E-state index contributed by atoms with van der Waals surface area (Å²) in [6, 6.07) is 6.57. The van der Waals surface area contributed by atoms with Gasteiger partial charge >= 0.3 is 6.18 Å². The minimum absolute atomic E-state index is 0.130. The highest BCUT2D eigenvalue weighted by Crippen LogP contribution is 2.30. The molecule has 13 heteroatoms. The average Bonchev–Trinajstić information content (AvgIpc) is 2.67. The Labute approximate surface area is 177 Å². The van der Waals surface area contributed by atoms with E-state index in [2.05, 4.69) is 4.74 Å². The first-order valence-electron chi connectivity index (χ1n) is 8.92. The topological polar surface area (TPSA) is 92.8 Å². The summed E-state index contributed by atoms with van der Waals surface area (Å²) >= 11 is 0. The molecule has 31 heavy (non-hydrogen) atoms. The lowest BCUT2D eigenvalue weighted by Gasteiger charge is -2.18. The number of nitrogens with zero attached hydrogens (tertiary/aromatic N) is 1. The second-order valence-electron chi connectivity index (χ2n) is 6.21. The second kappa shape index (κ2) is 9.40. The Hall–Kier alpha value is -2.38. The summed E-state index contributed by atoms with van der Waals surface area (Å²) in [5.41, 5.74) is -0.538. The van der Waals surface area contributed by atoms with Gasteiger partial charge in [0.2, 0.25) is 10.0 Å². The Morgan fingerprint density at radius 1 is 0.935 bits per heavy atom. The SMILES string of the molecule is CCN(CC)S(=O)(=O)c1ccc(S(=O)(=O)Nc2cc(F)ccc2OCC(F)(F)F)cc1. The number of rotatable bonds is 9. The summed E-state index contributed by atoms with van der Waals surface area (Å²) in [6.45, 7) is 2.05. The molecule has 2 rings (SSSR count). The van der Waals surface area contributed by atoms with Crippen molar-refractivity contribution < 1.29 is 39.1 Å². The van der Waals surface area contributed by atoms with Crippen molar-refractivity contribution in [2.75, 3.05) is 24.4 Å². The van der Waals surface area contributed by atoms with Crippen LogP contribution in [0.4, 0.5) is 23.2 Å². The minimum Gasteiger partial charge on any atom is -0.482 e. The predicted octanol–water partition coefficient (Wildman–Crippen LogP) is 3.60. The highest BCUT2D eigenvalue weighted by Gasteiger charge is 2.29. The average molecular weight is 484 g/mol. The molecule has 0 aromatic heterocycles. The van der Waals surface area contributed by atoms with Gasteiger partial charge < -0.3 is 4.74 Å². The molecular weight excluding hydrogens is 464 g/mol. The molecule has 7 nitrogen and oxygen atoms in total. The van der Waals surface area contributed by atoms with Gasteiger partial charge in [-0.25, -0.2) is 21.2 Å². The largest absolute Gasteiger partial charge is 0.482 e. The van der Waals surface area contributed by atoms with Crippen molar-refractivity contribution in [1.29, 1.82) is 0 Å². The highest BCUT2D eigenvalue weighted by atomic mass is 32.2. The van der Waals surface area contributed by atoms with Crippen LogP contribution in [-0.4, -0.2) is 47.0 Å². The zero-order valence-corrected chi connectivity index (χ0v) is 18.1. The van der Waals surface area contributed by atoms with Crippen LogP contribution in [0.1, 0.15) is 13.8 Å². The molecule has 0 saturated carbocycles. The van der Waals surface area contributed by atoms with Gasteiger partial charge in [-0.2, -0.15) is 17.5 Å². The minimum atomic E-state index is -4.68. The lowest BCUT2D eigenvalue weighted by atomic mass is 10.3. The van der Waals surface area contributed by atoms with Crippen LogP contribution in [0, 0.1) is 5.82 Å². The highest BCUT2D eigenvalue weighted by molar-refractivity contribution is 7.92. The molecule has 0 spiro atoms. The zero-order valence-electron chi connectivity index (χ0n) is 16.5. The van der Waals surface area contributed by atoms with Crippen molar-refractivity contribution >= 4 is 25.7 Å². The van der Waals surface area contributed by atoms with Gasteiger partial charge in [0.25, 0.3) is 10.0 Å². The number of alkyl halides is 3. The van der Waals surface area contributed by atoms with Crippen LogP contribution in [0.5, 0.6) is 5.75 Å². The molecule has 0 radical (unpaired) electrons. The van der Waals surface area contributed by atoms with Crippen molar-refractivity contribution in [3.05, 3.63) is 48.3 Å². The molecular formula is C18H20F4N2O5S2. The van der Waals surface area contributed by atoms with E-state index >= 15 is 0 Å². The maximum atomic E-state index is 13.5. The lowest BCUT2D eigenvalue weighted by Crippen LogP contribution is -2.30. The van der Waals surface area contributed by atoms with Gasteiger partial charge in [0.05, 0.1) is 15.5 Å². The number of hydrogen-bond acceptors (Lipinski definition) is 5. The van der Waals surface area contributed by atoms with Gasteiger partial charge in [-0.3, -0.25) is 4.72 Å². The second-order valence-corrected chi connectivity index (χ2v) is 9.83. The molecule has 0 atom stereocenters. The van der Waals surface area contributed by atoms with Crippen molar-refractivity contribution in [2.24, 2.45) is 0 Å². The summed E-state index contributed by atoms with van der Waals surface area (Å²) in [6.07, 6.45) is -4.68. The quantitative estimate of drug-likeness (QED) is 0.549. The van der Waals surface area contributed by atoms with Gasteiger partial charge in [0.1, 0.15) is 11.6 Å². The third-order valence-corrected chi connectivity index (χ3v) is 7.50. The first kappa shape index (κ1) is 24.9. The first-order chi connectivity index (χ1) is 14.3. The molecule has 0 heterocycles. The molecule has 0 saturated heterocycles. The molecule has 2 aromatic carbocycles. The number of ether oxygens (including phenoxy) is 1. The third kappa shape index (κ3) is 6.31. The van der Waals surface area contributed by atoms with Crippen molar-refractivity contribution in [3.63, 3.8) is 0 Å². The van der Waals surface area contributed by atoms with Crippen LogP contribution in [0.15, 0.2) is 52.3 Å². The van der Waals surface area contributed by atoms with E-state index in [-0.39, 0.29) is 22.9 Å². The molecule has 1 N–H and O–H groups in total. The third-order valence-electron chi connectivity index (χ3n) is 4.05. The number of sulfonamides is 2. The van der Waals surface area contributed by atoms with E-state index in [4.69, 9.17) is 0 Å². The van der Waals surface area contributed by atoms with E-state index in [0.717, 1.165) is 36.4 Å². The Balaban J connectivity index is 2.32. The van der Waals surface area contributed by atoms with E-state index in [0.29, 0.717) is 6.07 Å². The van der Waals surface area contributed by atoms with E-state index in [1.807, 2.05) is 4.72 Å². The molecule has 0 aliphatic heterocycles. The van der Waals surface area contributed by atoms with Crippen molar-refractivity contribution in [2.45, 2.75) is 29.8 Å². The molecule has 0 bridgehead atoms. The lowest BCUT2D eigenvalue weighted by molar-refractivity contribution is -0.153. The van der Waals surface area contributed by atoms with Crippen LogP contribution >= 0.6 is 0 Å². The smallest absolute Gasteiger partial charge is 0.422 e. The van der Waals surface area contributed by atoms with Crippen molar-refractivity contribution in [1.82, 2.24) is 4.31 Å². The van der Waals surface area contributed by atoms with E-state index in [9.17, 15) is 34.4 Å². The van der Waals surface area contributed by atoms with Gasteiger partial charge in [-0.1, -0.05) is 13.8 Å². The fraction of sp³-hybridized carbons (Fsp3) is 0.333. The Bertz CT molecular complexity index is 1110. The fourth-order valence-electron chi connectivity index (χ4n) is 2.57.